The van der Waals surface area contributed by atoms with Gasteiger partial charge in [-0.3, -0.25) is 14.9 Å². The molecule has 5 nitrogen and oxygen atoms in total. The number of rotatable bonds is 4. The molecule has 0 aromatic heterocycles. The fourth-order valence-electron chi connectivity index (χ4n) is 1.66. The zero-order valence-electron chi connectivity index (χ0n) is 11.1. The highest BCUT2D eigenvalue weighted by atomic mass is 79.9. The lowest BCUT2D eigenvalue weighted by Crippen LogP contribution is -2.07. The highest BCUT2D eigenvalue weighted by Crippen LogP contribution is 2.25. The molecular formula is C15H10BrClN2O3. The maximum Gasteiger partial charge on any atom is 0.288 e. The predicted octanol–water partition coefficient (Wildman–Crippen LogP) is 4.66. The van der Waals surface area contributed by atoms with E-state index in [2.05, 4.69) is 21.2 Å². The summed E-state index contributed by atoms with van der Waals surface area (Å²) in [6.45, 7) is 0. The van der Waals surface area contributed by atoms with E-state index >= 15 is 0 Å². The predicted molar refractivity (Wildman–Crippen MR) is 89.9 cm³/mol. The Bertz CT molecular complexity index is 745. The molecule has 0 bridgehead atoms. The first kappa shape index (κ1) is 16.2. The number of anilines is 1. The van der Waals surface area contributed by atoms with Gasteiger partial charge in [0, 0.05) is 22.3 Å². The van der Waals surface area contributed by atoms with Gasteiger partial charge in [0.05, 0.1) is 4.92 Å². The molecule has 0 aliphatic heterocycles. The number of nitrogens with zero attached hydrogens (tertiary/aromatic N) is 1. The van der Waals surface area contributed by atoms with Crippen LogP contribution in [0.3, 0.4) is 0 Å². The second-order valence-electron chi connectivity index (χ2n) is 4.30. The first-order valence-electron chi connectivity index (χ1n) is 6.14. The molecule has 0 fully saturated rings. The molecule has 0 unspecified atom stereocenters. The van der Waals surface area contributed by atoms with Crippen molar-refractivity contribution in [3.05, 3.63) is 73.7 Å². The molecule has 0 saturated heterocycles. The van der Waals surface area contributed by atoms with Crippen molar-refractivity contribution >= 4 is 50.9 Å². The minimum absolute atomic E-state index is 0.0569. The van der Waals surface area contributed by atoms with Crippen LogP contribution >= 0.6 is 27.5 Å². The van der Waals surface area contributed by atoms with E-state index in [1.807, 2.05) is 12.1 Å². The molecule has 0 aliphatic rings. The van der Waals surface area contributed by atoms with Gasteiger partial charge in [0.2, 0.25) is 5.91 Å². The van der Waals surface area contributed by atoms with Crippen molar-refractivity contribution in [2.75, 3.05) is 5.32 Å². The van der Waals surface area contributed by atoms with Crippen LogP contribution in [0.4, 0.5) is 11.4 Å². The Balaban J connectivity index is 2.08. The number of benzene rings is 2. The summed E-state index contributed by atoms with van der Waals surface area (Å²) in [5.41, 5.74) is 0.971. The van der Waals surface area contributed by atoms with E-state index in [9.17, 15) is 14.9 Å². The first-order chi connectivity index (χ1) is 10.5. The van der Waals surface area contributed by atoms with Crippen LogP contribution < -0.4 is 5.32 Å². The topological polar surface area (TPSA) is 72.2 Å². The number of halogens is 2. The average molecular weight is 382 g/mol. The summed E-state index contributed by atoms with van der Waals surface area (Å²) in [7, 11) is 0. The van der Waals surface area contributed by atoms with E-state index in [0.717, 1.165) is 4.47 Å². The SMILES string of the molecule is O=C(/C=C/c1ccc(Cl)c([N+](=O)[O-])c1)Nc1ccc(Br)cc1. The maximum atomic E-state index is 11.8. The lowest BCUT2D eigenvalue weighted by Gasteiger charge is -2.02. The van der Waals surface area contributed by atoms with Crippen molar-refractivity contribution in [2.45, 2.75) is 0 Å². The normalized spacial score (nSPS) is 10.6. The molecule has 2 aromatic carbocycles. The molecule has 2 aromatic rings. The molecule has 2 rings (SSSR count). The largest absolute Gasteiger partial charge is 0.323 e. The van der Waals surface area contributed by atoms with Gasteiger partial charge < -0.3 is 5.32 Å². The van der Waals surface area contributed by atoms with Gasteiger partial charge in [-0.15, -0.1) is 0 Å². The molecule has 7 heteroatoms. The number of hydrogen-bond donors (Lipinski definition) is 1. The van der Waals surface area contributed by atoms with Gasteiger partial charge in [0.1, 0.15) is 5.02 Å². The van der Waals surface area contributed by atoms with Crippen LogP contribution in [0.25, 0.3) is 6.08 Å². The summed E-state index contributed by atoms with van der Waals surface area (Å²) in [5.74, 6) is -0.333. The Kier molecular flexibility index (Phi) is 5.30. The third-order valence-corrected chi connectivity index (χ3v) is 3.55. The van der Waals surface area contributed by atoms with Crippen LogP contribution in [0.15, 0.2) is 53.0 Å². The summed E-state index contributed by atoms with van der Waals surface area (Å²) < 4.78 is 0.912. The van der Waals surface area contributed by atoms with Gasteiger partial charge in [-0.25, -0.2) is 0 Å². The lowest BCUT2D eigenvalue weighted by molar-refractivity contribution is -0.384. The summed E-state index contributed by atoms with van der Waals surface area (Å²) in [6, 6.07) is 11.5. The van der Waals surface area contributed by atoms with E-state index in [0.29, 0.717) is 11.3 Å². The Morgan fingerprint density at radius 3 is 2.55 bits per heavy atom. The van der Waals surface area contributed by atoms with Crippen LogP contribution in [-0.2, 0) is 4.79 Å². The highest BCUT2D eigenvalue weighted by Gasteiger charge is 2.11. The van der Waals surface area contributed by atoms with Crippen molar-refractivity contribution in [1.82, 2.24) is 0 Å². The Hall–Kier alpha value is -2.18. The van der Waals surface area contributed by atoms with Crippen LogP contribution in [0.5, 0.6) is 0 Å². The summed E-state index contributed by atoms with van der Waals surface area (Å²) >= 11 is 9.03. The number of nitro groups is 1. The van der Waals surface area contributed by atoms with Crippen LogP contribution in [0.2, 0.25) is 5.02 Å². The molecule has 0 aliphatic carbocycles. The fraction of sp³-hybridized carbons (Fsp3) is 0. The van der Waals surface area contributed by atoms with E-state index < -0.39 is 4.92 Å². The third kappa shape index (κ3) is 4.41. The molecule has 0 radical (unpaired) electrons. The third-order valence-electron chi connectivity index (χ3n) is 2.71. The second-order valence-corrected chi connectivity index (χ2v) is 5.62. The molecule has 0 atom stereocenters. The van der Waals surface area contributed by atoms with E-state index in [1.165, 1.54) is 24.3 Å². The minimum Gasteiger partial charge on any atom is -0.323 e. The number of carbonyl (C=O) groups is 1. The number of carbonyl (C=O) groups excluding carboxylic acids is 1. The Labute approximate surface area is 139 Å². The minimum atomic E-state index is -0.568. The van der Waals surface area contributed by atoms with Gasteiger partial charge in [-0.1, -0.05) is 33.6 Å². The average Bonchev–Trinajstić information content (AvgIpc) is 2.48. The number of nitro benzene ring substituents is 1. The van der Waals surface area contributed by atoms with Gasteiger partial charge in [-0.2, -0.15) is 0 Å². The summed E-state index contributed by atoms with van der Waals surface area (Å²) in [4.78, 5) is 22.0. The zero-order valence-corrected chi connectivity index (χ0v) is 13.5. The van der Waals surface area contributed by atoms with E-state index in [4.69, 9.17) is 11.6 Å². The zero-order chi connectivity index (χ0) is 16.1. The maximum absolute atomic E-state index is 11.8. The number of amides is 1. The quantitative estimate of drug-likeness (QED) is 0.475. The smallest absolute Gasteiger partial charge is 0.288 e. The lowest BCUT2D eigenvalue weighted by atomic mass is 10.2. The van der Waals surface area contributed by atoms with Crippen LogP contribution in [0.1, 0.15) is 5.56 Å². The van der Waals surface area contributed by atoms with E-state index in [1.54, 1.807) is 18.2 Å². The molecule has 22 heavy (non-hydrogen) atoms. The van der Waals surface area contributed by atoms with Crippen LogP contribution in [-0.4, -0.2) is 10.8 Å². The number of hydrogen-bond acceptors (Lipinski definition) is 3. The van der Waals surface area contributed by atoms with Crippen molar-refractivity contribution in [3.63, 3.8) is 0 Å². The highest BCUT2D eigenvalue weighted by molar-refractivity contribution is 9.10. The van der Waals surface area contributed by atoms with Gasteiger partial charge >= 0.3 is 0 Å². The van der Waals surface area contributed by atoms with Crippen LogP contribution in [0, 0.1) is 10.1 Å². The van der Waals surface area contributed by atoms with Crippen molar-refractivity contribution in [3.8, 4) is 0 Å². The van der Waals surface area contributed by atoms with Crippen molar-refractivity contribution < 1.29 is 9.72 Å². The molecule has 1 amide bonds. The Morgan fingerprint density at radius 1 is 1.23 bits per heavy atom. The van der Waals surface area contributed by atoms with Gasteiger partial charge in [-0.05, 0) is 42.0 Å². The molecule has 112 valence electrons. The second kappa shape index (κ2) is 7.20. The van der Waals surface area contributed by atoms with Crippen molar-refractivity contribution in [1.29, 1.82) is 0 Å². The molecule has 0 saturated carbocycles. The first-order valence-corrected chi connectivity index (χ1v) is 7.31. The Morgan fingerprint density at radius 2 is 1.91 bits per heavy atom. The standard InChI is InChI=1S/C15H10BrClN2O3/c16-11-3-5-12(6-4-11)18-15(20)8-2-10-1-7-13(17)14(9-10)19(21)22/h1-9H,(H,18,20)/b8-2+. The van der Waals surface area contributed by atoms with Gasteiger partial charge in [0.25, 0.3) is 5.69 Å². The monoisotopic (exact) mass is 380 g/mol. The fourth-order valence-corrected chi connectivity index (χ4v) is 2.11. The molecular weight excluding hydrogens is 372 g/mol. The summed E-state index contributed by atoms with van der Waals surface area (Å²) in [6.07, 6.45) is 2.78. The molecule has 1 N–H and O–H groups in total. The van der Waals surface area contributed by atoms with Gasteiger partial charge in [0.15, 0.2) is 0 Å². The number of nitrogens with one attached hydrogen (secondary N) is 1. The summed E-state index contributed by atoms with van der Waals surface area (Å²) in [5, 5.41) is 13.5. The molecule has 0 spiro atoms. The van der Waals surface area contributed by atoms with E-state index in [-0.39, 0.29) is 16.6 Å². The van der Waals surface area contributed by atoms with Crippen molar-refractivity contribution in [2.24, 2.45) is 0 Å². The molecule has 0 heterocycles.